The number of aliphatic hydroxyl groups is 1. The van der Waals surface area contributed by atoms with Crippen molar-refractivity contribution < 1.29 is 10.2 Å². The Kier molecular flexibility index (Phi) is 6.53. The number of rotatable bonds is 6. The largest absolute Gasteiger partial charge is 0.493 e. The number of aromatic nitrogens is 5. The second kappa shape index (κ2) is 9.90. The first kappa shape index (κ1) is 23.1. The molecule has 4 aromatic rings. The Labute approximate surface area is 204 Å². The van der Waals surface area contributed by atoms with Crippen molar-refractivity contribution in [1.29, 1.82) is 0 Å². The number of piperidine rings is 1. The Bertz CT molecular complexity index is 1520. The minimum Gasteiger partial charge on any atom is -0.493 e. The van der Waals surface area contributed by atoms with Crippen LogP contribution in [0.25, 0.3) is 11.7 Å². The summed E-state index contributed by atoms with van der Waals surface area (Å²) >= 11 is 6.14. The Hall–Kier alpha value is -3.67. The molecule has 0 amide bonds. The SMILES string of the molecule is O=c1[nH]c(O)c(/C=c2/cnn3c(=NC4CCN(CCO)CC4)cc(Nc4cccc(Cl)c4)nc23)[nH]1. The van der Waals surface area contributed by atoms with Gasteiger partial charge in [0.25, 0.3) is 0 Å². The highest BCUT2D eigenvalue weighted by molar-refractivity contribution is 6.30. The Morgan fingerprint density at radius 2 is 2.09 bits per heavy atom. The quantitative estimate of drug-likeness (QED) is 0.264. The number of likely N-dealkylation sites (tertiary alicyclic amines) is 1. The molecule has 4 heterocycles. The maximum absolute atomic E-state index is 11.5. The van der Waals surface area contributed by atoms with Crippen LogP contribution in [0.1, 0.15) is 18.5 Å². The maximum Gasteiger partial charge on any atom is 0.326 e. The van der Waals surface area contributed by atoms with Gasteiger partial charge in [0.05, 0.1) is 18.8 Å². The molecule has 0 spiro atoms. The molecule has 1 aromatic carbocycles. The Morgan fingerprint density at radius 1 is 1.26 bits per heavy atom. The van der Waals surface area contributed by atoms with Crippen molar-refractivity contribution >= 4 is 34.8 Å². The average molecular weight is 497 g/mol. The first-order valence-corrected chi connectivity index (χ1v) is 11.7. The number of aliphatic hydroxyl groups excluding tert-OH is 1. The number of hydrogen-bond acceptors (Lipinski definition) is 8. The van der Waals surface area contributed by atoms with Crippen LogP contribution in [0.4, 0.5) is 11.5 Å². The minimum atomic E-state index is -0.510. The Morgan fingerprint density at radius 3 is 2.80 bits per heavy atom. The fourth-order valence-electron chi connectivity index (χ4n) is 4.18. The van der Waals surface area contributed by atoms with Crippen molar-refractivity contribution in [3.05, 3.63) is 68.4 Å². The predicted molar refractivity (Wildman–Crippen MR) is 132 cm³/mol. The summed E-state index contributed by atoms with van der Waals surface area (Å²) in [6, 6.07) is 9.26. The molecule has 0 aliphatic carbocycles. The van der Waals surface area contributed by atoms with Gasteiger partial charge in [0.15, 0.2) is 11.1 Å². The standard InChI is InChI=1S/C23H25ClN8O3/c24-15-2-1-3-17(11-15)26-19-12-20(27-16-4-6-31(7-5-16)8-9-33)32-21(29-19)14(13-25-32)10-18-22(34)30-23(35)28-18/h1-3,10-13,16,26,33-34H,4-9H2,(H2,28,30,35)/b14-10-,27-20?. The van der Waals surface area contributed by atoms with E-state index in [-0.39, 0.29) is 24.2 Å². The zero-order valence-corrected chi connectivity index (χ0v) is 19.5. The van der Waals surface area contributed by atoms with E-state index in [1.54, 1.807) is 28.9 Å². The van der Waals surface area contributed by atoms with E-state index in [1.807, 2.05) is 18.2 Å². The van der Waals surface area contributed by atoms with Crippen molar-refractivity contribution in [3.63, 3.8) is 0 Å². The van der Waals surface area contributed by atoms with Gasteiger partial charge in [0, 0.05) is 41.6 Å². The molecular weight excluding hydrogens is 472 g/mol. The molecule has 5 N–H and O–H groups in total. The summed E-state index contributed by atoms with van der Waals surface area (Å²) < 4.78 is 1.65. The van der Waals surface area contributed by atoms with Crippen LogP contribution in [0.3, 0.4) is 0 Å². The lowest BCUT2D eigenvalue weighted by molar-refractivity contribution is 0.164. The lowest BCUT2D eigenvalue weighted by Gasteiger charge is -2.29. The van der Waals surface area contributed by atoms with E-state index in [4.69, 9.17) is 21.6 Å². The Balaban J connectivity index is 1.59. The van der Waals surface area contributed by atoms with E-state index in [2.05, 4.69) is 25.3 Å². The van der Waals surface area contributed by atoms with Crippen LogP contribution >= 0.6 is 11.6 Å². The number of aromatic amines is 2. The van der Waals surface area contributed by atoms with Crippen molar-refractivity contribution in [2.45, 2.75) is 18.9 Å². The average Bonchev–Trinajstić information content (AvgIpc) is 3.37. The van der Waals surface area contributed by atoms with Crippen molar-refractivity contribution in [2.75, 3.05) is 31.6 Å². The summed E-state index contributed by atoms with van der Waals surface area (Å²) in [5, 5.41) is 28.1. The molecule has 35 heavy (non-hydrogen) atoms. The van der Waals surface area contributed by atoms with Crippen LogP contribution in [0.5, 0.6) is 5.88 Å². The molecule has 0 bridgehead atoms. The molecule has 1 aliphatic rings. The maximum atomic E-state index is 11.5. The highest BCUT2D eigenvalue weighted by atomic mass is 35.5. The monoisotopic (exact) mass is 496 g/mol. The van der Waals surface area contributed by atoms with E-state index in [9.17, 15) is 15.0 Å². The third-order valence-corrected chi connectivity index (χ3v) is 6.14. The molecule has 12 heteroatoms. The third-order valence-electron chi connectivity index (χ3n) is 5.90. The van der Waals surface area contributed by atoms with Crippen molar-refractivity contribution in [1.82, 2.24) is 29.5 Å². The normalized spacial score (nSPS) is 16.4. The van der Waals surface area contributed by atoms with Crippen LogP contribution < -0.4 is 21.7 Å². The predicted octanol–water partition coefficient (Wildman–Crippen LogP) is 0.753. The number of fused-ring (bicyclic) bond motifs is 1. The second-order valence-corrected chi connectivity index (χ2v) is 8.82. The topological polar surface area (TPSA) is 147 Å². The molecule has 1 aliphatic heterocycles. The second-order valence-electron chi connectivity index (χ2n) is 8.38. The summed E-state index contributed by atoms with van der Waals surface area (Å²) in [4.78, 5) is 28.3. The van der Waals surface area contributed by atoms with E-state index in [0.29, 0.717) is 33.7 Å². The van der Waals surface area contributed by atoms with Gasteiger partial charge >= 0.3 is 5.69 Å². The van der Waals surface area contributed by atoms with Gasteiger partial charge in [-0.1, -0.05) is 17.7 Å². The lowest BCUT2D eigenvalue weighted by atomic mass is 10.1. The zero-order chi connectivity index (χ0) is 24.4. The number of benzene rings is 1. The van der Waals surface area contributed by atoms with Crippen LogP contribution in [0, 0.1) is 0 Å². The first-order chi connectivity index (χ1) is 17.0. The number of nitrogens with one attached hydrogen (secondary N) is 3. The number of H-pyrrole nitrogens is 2. The number of imidazole rings is 1. The molecule has 1 fully saturated rings. The van der Waals surface area contributed by atoms with Crippen molar-refractivity contribution in [3.8, 4) is 5.88 Å². The van der Waals surface area contributed by atoms with Gasteiger partial charge in [0.1, 0.15) is 11.5 Å². The highest BCUT2D eigenvalue weighted by Gasteiger charge is 2.18. The van der Waals surface area contributed by atoms with Gasteiger partial charge in [-0.05, 0) is 37.1 Å². The number of nitrogens with zero attached hydrogens (tertiary/aromatic N) is 5. The summed E-state index contributed by atoms with van der Waals surface area (Å²) in [6.45, 7) is 2.57. The molecule has 1 saturated heterocycles. The summed E-state index contributed by atoms with van der Waals surface area (Å²) in [6.07, 6.45) is 4.96. The molecule has 0 saturated carbocycles. The molecule has 11 nitrogen and oxygen atoms in total. The molecule has 3 aromatic heterocycles. The minimum absolute atomic E-state index is 0.108. The van der Waals surface area contributed by atoms with Crippen LogP contribution in [0.15, 0.2) is 46.3 Å². The summed E-state index contributed by atoms with van der Waals surface area (Å²) in [5.74, 6) is 0.292. The van der Waals surface area contributed by atoms with Gasteiger partial charge < -0.3 is 25.4 Å². The van der Waals surface area contributed by atoms with Crippen LogP contribution in [-0.4, -0.2) is 72.0 Å². The molecule has 5 rings (SSSR count). The molecule has 182 valence electrons. The van der Waals surface area contributed by atoms with Crippen LogP contribution in [0.2, 0.25) is 5.02 Å². The molecule has 0 radical (unpaired) electrons. The molecule has 0 unspecified atom stereocenters. The molecular formula is C23H25ClN8O3. The fourth-order valence-corrected chi connectivity index (χ4v) is 4.37. The third kappa shape index (κ3) is 5.21. The van der Waals surface area contributed by atoms with E-state index in [0.717, 1.165) is 31.6 Å². The number of anilines is 2. The van der Waals surface area contributed by atoms with Gasteiger partial charge in [-0.2, -0.15) is 9.61 Å². The summed E-state index contributed by atoms with van der Waals surface area (Å²) in [7, 11) is 0. The summed E-state index contributed by atoms with van der Waals surface area (Å²) in [5.41, 5.74) is 1.64. The smallest absolute Gasteiger partial charge is 0.326 e. The van der Waals surface area contributed by atoms with E-state index >= 15 is 0 Å². The number of hydrogen-bond donors (Lipinski definition) is 5. The van der Waals surface area contributed by atoms with Gasteiger partial charge in [-0.15, -0.1) is 0 Å². The van der Waals surface area contributed by atoms with E-state index in [1.165, 1.54) is 0 Å². The number of β-amino-alcohol motifs (C(OH)–C–C–N with tert-alkyl or cyclic N) is 1. The van der Waals surface area contributed by atoms with Crippen LogP contribution in [-0.2, 0) is 0 Å². The fraction of sp³-hybridized carbons (Fsp3) is 0.304. The zero-order valence-electron chi connectivity index (χ0n) is 18.8. The highest BCUT2D eigenvalue weighted by Crippen LogP contribution is 2.19. The van der Waals surface area contributed by atoms with Gasteiger partial charge in [-0.25, -0.2) is 9.78 Å². The lowest BCUT2D eigenvalue weighted by Crippen LogP contribution is -2.38. The van der Waals surface area contributed by atoms with Crippen molar-refractivity contribution in [2.24, 2.45) is 4.99 Å². The first-order valence-electron chi connectivity index (χ1n) is 11.3. The van der Waals surface area contributed by atoms with E-state index < -0.39 is 5.69 Å². The molecule has 0 atom stereocenters. The number of aromatic hydroxyl groups is 1. The van der Waals surface area contributed by atoms with Gasteiger partial charge in [-0.3, -0.25) is 9.98 Å². The number of halogens is 1. The van der Waals surface area contributed by atoms with Gasteiger partial charge in [0.2, 0.25) is 5.88 Å².